The summed E-state index contributed by atoms with van der Waals surface area (Å²) < 4.78 is 1.98. The Morgan fingerprint density at radius 3 is 2.97 bits per heavy atom. The van der Waals surface area contributed by atoms with Crippen LogP contribution in [0, 0.1) is 30.1 Å². The van der Waals surface area contributed by atoms with Crippen LogP contribution in [0.25, 0.3) is 27.5 Å². The molecular weight excluding hydrogens is 386 g/mol. The lowest BCUT2D eigenvalue weighted by atomic mass is 9.99. The van der Waals surface area contributed by atoms with Gasteiger partial charge in [0.1, 0.15) is 11.5 Å². The van der Waals surface area contributed by atoms with Crippen molar-refractivity contribution in [2.24, 2.45) is 11.8 Å². The molecule has 6 nitrogen and oxygen atoms in total. The number of benzene rings is 1. The van der Waals surface area contributed by atoms with Gasteiger partial charge >= 0.3 is 0 Å². The van der Waals surface area contributed by atoms with Crippen molar-refractivity contribution in [2.45, 2.75) is 13.3 Å². The molecule has 1 saturated carbocycles. The van der Waals surface area contributed by atoms with Crippen LogP contribution in [0.5, 0.6) is 0 Å². The maximum Gasteiger partial charge on any atom is 0.230 e. The number of carbonyl (C=O) groups excluding carboxylic acids is 1. The zero-order chi connectivity index (χ0) is 20.1. The Hall–Kier alpha value is -3.43. The molecule has 0 saturated heterocycles. The van der Waals surface area contributed by atoms with Gasteiger partial charge in [-0.15, -0.1) is 0 Å². The lowest BCUT2D eigenvalue weighted by molar-refractivity contribution is -0.117. The highest BCUT2D eigenvalue weighted by molar-refractivity contribution is 6.36. The summed E-state index contributed by atoms with van der Waals surface area (Å²) in [6.07, 6.45) is 7.99. The number of nitrogens with zero attached hydrogens (tertiary/aromatic N) is 4. The number of fused-ring (bicyclic) bond motifs is 2. The van der Waals surface area contributed by atoms with Crippen molar-refractivity contribution in [2.75, 3.05) is 5.32 Å². The van der Waals surface area contributed by atoms with E-state index >= 15 is 0 Å². The van der Waals surface area contributed by atoms with E-state index in [1.807, 2.05) is 48.0 Å². The molecule has 1 aliphatic rings. The van der Waals surface area contributed by atoms with Gasteiger partial charge in [0.05, 0.1) is 22.9 Å². The number of nitrogens with one attached hydrogen (secondary N) is 1. The molecule has 1 N–H and O–H groups in total. The number of hydrogen-bond acceptors (Lipinski definition) is 4. The smallest absolute Gasteiger partial charge is 0.230 e. The number of halogens is 1. The van der Waals surface area contributed by atoms with Crippen molar-refractivity contribution in [1.29, 1.82) is 5.26 Å². The van der Waals surface area contributed by atoms with Crippen molar-refractivity contribution in [3.63, 3.8) is 0 Å². The van der Waals surface area contributed by atoms with Gasteiger partial charge in [0, 0.05) is 30.2 Å². The maximum atomic E-state index is 12.2. The fourth-order valence-electron chi connectivity index (χ4n) is 3.66. The molecule has 29 heavy (non-hydrogen) atoms. The van der Waals surface area contributed by atoms with Crippen molar-refractivity contribution >= 4 is 39.7 Å². The Bertz CT molecular complexity index is 1340. The highest BCUT2D eigenvalue weighted by Crippen LogP contribution is 2.39. The second-order valence-electron chi connectivity index (χ2n) is 7.38. The second-order valence-corrected chi connectivity index (χ2v) is 7.79. The Kier molecular flexibility index (Phi) is 4.00. The molecule has 0 spiro atoms. The van der Waals surface area contributed by atoms with Crippen molar-refractivity contribution < 1.29 is 4.79 Å². The van der Waals surface area contributed by atoms with Gasteiger partial charge in [0.2, 0.25) is 5.91 Å². The Morgan fingerprint density at radius 2 is 2.17 bits per heavy atom. The molecular formula is C22H16ClN5O. The normalized spacial score (nSPS) is 18.0. The minimum absolute atomic E-state index is 0.161. The summed E-state index contributed by atoms with van der Waals surface area (Å²) in [5.74, 6) is -0.126. The summed E-state index contributed by atoms with van der Waals surface area (Å²) in [5.41, 5.74) is 3.98. The third-order valence-electron chi connectivity index (χ3n) is 5.37. The highest BCUT2D eigenvalue weighted by Gasteiger charge is 2.43. The van der Waals surface area contributed by atoms with E-state index in [0.717, 1.165) is 33.1 Å². The molecule has 4 aromatic rings. The summed E-state index contributed by atoms with van der Waals surface area (Å²) in [6, 6.07) is 9.94. The first-order valence-electron chi connectivity index (χ1n) is 9.27. The molecule has 5 rings (SSSR count). The molecule has 0 radical (unpaired) electrons. The number of amides is 1. The molecule has 1 fully saturated rings. The number of aromatic nitrogens is 3. The van der Waals surface area contributed by atoms with Gasteiger partial charge < -0.3 is 9.72 Å². The van der Waals surface area contributed by atoms with Crippen LogP contribution in [0.4, 0.5) is 5.82 Å². The van der Waals surface area contributed by atoms with Gasteiger partial charge in [0.15, 0.2) is 0 Å². The fourth-order valence-corrected chi connectivity index (χ4v) is 3.94. The first-order chi connectivity index (χ1) is 14.0. The molecule has 142 valence electrons. The molecule has 7 heteroatoms. The quantitative estimate of drug-likeness (QED) is 0.543. The average molecular weight is 402 g/mol. The van der Waals surface area contributed by atoms with Crippen molar-refractivity contribution in [1.82, 2.24) is 14.4 Å². The largest absolute Gasteiger partial charge is 0.310 e. The summed E-state index contributed by atoms with van der Waals surface area (Å²) in [7, 11) is 0. The molecule has 2 atom stereocenters. The number of aryl methyl sites for hydroxylation is 1. The van der Waals surface area contributed by atoms with Crippen LogP contribution in [0.2, 0.25) is 5.02 Å². The van der Waals surface area contributed by atoms with Gasteiger partial charge in [-0.05, 0) is 59.7 Å². The average Bonchev–Trinajstić information content (AvgIpc) is 3.37. The van der Waals surface area contributed by atoms with Gasteiger partial charge in [-0.2, -0.15) is 5.26 Å². The van der Waals surface area contributed by atoms with Crippen LogP contribution in [0.15, 0.2) is 49.1 Å². The van der Waals surface area contributed by atoms with Crippen molar-refractivity contribution in [3.8, 4) is 17.2 Å². The Labute approximate surface area is 171 Å². The highest BCUT2D eigenvalue weighted by atomic mass is 35.5. The molecule has 1 aliphatic carbocycles. The number of hydrogen-bond donors (Lipinski definition) is 1. The number of pyridine rings is 2. The van der Waals surface area contributed by atoms with E-state index in [0.29, 0.717) is 17.3 Å². The molecule has 1 aromatic carbocycles. The SMILES string of the molecule is Cc1cn2ccnc2cc1-c1cc(Cl)c2cnc(NC(=O)C3CC3C#N)cc2c1. The van der Waals surface area contributed by atoms with Crippen molar-refractivity contribution in [3.05, 3.63) is 59.6 Å². The minimum atomic E-state index is -0.239. The minimum Gasteiger partial charge on any atom is -0.310 e. The summed E-state index contributed by atoms with van der Waals surface area (Å²) >= 11 is 6.53. The molecule has 1 amide bonds. The molecule has 3 aromatic heterocycles. The number of anilines is 1. The van der Waals surface area contributed by atoms with Crippen LogP contribution >= 0.6 is 11.6 Å². The monoisotopic (exact) mass is 401 g/mol. The summed E-state index contributed by atoms with van der Waals surface area (Å²) in [5, 5.41) is 14.0. The lowest BCUT2D eigenvalue weighted by Crippen LogP contribution is -2.15. The molecule has 0 aliphatic heterocycles. The molecule has 3 heterocycles. The van der Waals surface area contributed by atoms with E-state index in [4.69, 9.17) is 16.9 Å². The van der Waals surface area contributed by atoms with Gasteiger partial charge in [-0.25, -0.2) is 9.97 Å². The third-order valence-corrected chi connectivity index (χ3v) is 5.68. The van der Waals surface area contributed by atoms with E-state index in [-0.39, 0.29) is 17.7 Å². The lowest BCUT2D eigenvalue weighted by Gasteiger charge is -2.11. The maximum absolute atomic E-state index is 12.2. The fraction of sp³-hybridized carbons (Fsp3) is 0.182. The van der Waals surface area contributed by atoms with Gasteiger partial charge in [-0.1, -0.05) is 11.6 Å². The van der Waals surface area contributed by atoms with E-state index in [1.165, 1.54) is 0 Å². The van der Waals surface area contributed by atoms with Crippen LogP contribution in [0.3, 0.4) is 0 Å². The second kappa shape index (κ2) is 6.57. The standard InChI is InChI=1S/C22H16ClN5O/c1-12-11-28-3-2-25-21(28)8-16(12)13-4-14-7-20(26-10-18(14)19(23)6-13)27-22(29)17-5-15(17)9-24/h2-4,6-8,10-11,15,17H,5H2,1H3,(H,26,27,29). The first kappa shape index (κ1) is 17.7. The zero-order valence-corrected chi connectivity index (χ0v) is 16.3. The summed E-state index contributed by atoms with van der Waals surface area (Å²) in [4.78, 5) is 20.9. The molecule has 0 bridgehead atoms. The Balaban J connectivity index is 1.54. The van der Waals surface area contributed by atoms with E-state index in [2.05, 4.69) is 21.4 Å². The van der Waals surface area contributed by atoms with E-state index in [9.17, 15) is 4.79 Å². The van der Waals surface area contributed by atoms with Crippen LogP contribution < -0.4 is 5.32 Å². The Morgan fingerprint density at radius 1 is 1.31 bits per heavy atom. The zero-order valence-electron chi connectivity index (χ0n) is 15.6. The van der Waals surface area contributed by atoms with E-state index in [1.54, 1.807) is 12.4 Å². The van der Waals surface area contributed by atoms with Gasteiger partial charge in [-0.3, -0.25) is 4.79 Å². The number of nitriles is 1. The predicted molar refractivity (Wildman–Crippen MR) is 112 cm³/mol. The summed E-state index contributed by atoms with van der Waals surface area (Å²) in [6.45, 7) is 2.05. The van der Waals surface area contributed by atoms with Crippen LogP contribution in [-0.4, -0.2) is 20.3 Å². The number of carbonyl (C=O) groups is 1. The number of rotatable bonds is 3. The van der Waals surface area contributed by atoms with Crippen LogP contribution in [-0.2, 0) is 4.79 Å². The first-order valence-corrected chi connectivity index (χ1v) is 9.65. The third kappa shape index (κ3) is 3.10. The predicted octanol–water partition coefficient (Wildman–Crippen LogP) is 4.61. The topological polar surface area (TPSA) is 83.1 Å². The number of imidazole rings is 1. The van der Waals surface area contributed by atoms with Gasteiger partial charge in [0.25, 0.3) is 0 Å². The van der Waals surface area contributed by atoms with Crippen LogP contribution in [0.1, 0.15) is 12.0 Å². The molecule has 2 unspecified atom stereocenters. The van der Waals surface area contributed by atoms with E-state index < -0.39 is 0 Å².